The van der Waals surface area contributed by atoms with E-state index in [1.807, 2.05) is 83.7 Å². The van der Waals surface area contributed by atoms with Crippen LogP contribution < -0.4 is 4.74 Å². The van der Waals surface area contributed by atoms with Gasteiger partial charge in [-0.3, -0.25) is 9.69 Å². The number of aromatic nitrogens is 2. The summed E-state index contributed by atoms with van der Waals surface area (Å²) in [6, 6.07) is 25.6. The zero-order chi connectivity index (χ0) is 26.5. The first kappa shape index (κ1) is 26.2. The number of hydrogen-bond donors (Lipinski definition) is 0. The minimum atomic E-state index is -0.0873. The van der Waals surface area contributed by atoms with Gasteiger partial charge in [-0.25, -0.2) is 4.68 Å². The van der Waals surface area contributed by atoms with E-state index >= 15 is 0 Å². The maximum atomic E-state index is 13.3. The number of halogens is 1. The van der Waals surface area contributed by atoms with Crippen LogP contribution in [0, 0.1) is 0 Å². The van der Waals surface area contributed by atoms with Crippen LogP contribution in [0.25, 0.3) is 23.0 Å². The van der Waals surface area contributed by atoms with E-state index in [-0.39, 0.29) is 5.91 Å². The predicted octanol–water partition coefficient (Wildman–Crippen LogP) is 7.43. The molecule has 3 aromatic carbocycles. The molecule has 1 amide bonds. The molecule has 0 radical (unpaired) electrons. The second-order valence-electron chi connectivity index (χ2n) is 8.78. The van der Waals surface area contributed by atoms with Crippen molar-refractivity contribution < 1.29 is 9.53 Å². The Morgan fingerprint density at radius 1 is 1.05 bits per heavy atom. The number of para-hydroxylation sites is 1. The minimum Gasteiger partial charge on any atom is -0.492 e. The van der Waals surface area contributed by atoms with Crippen LogP contribution in [0.4, 0.5) is 0 Å². The maximum absolute atomic E-state index is 13.3. The third-order valence-corrected chi connectivity index (χ3v) is 7.73. The number of carbonyl (C=O) groups is 1. The molecule has 0 spiro atoms. The fourth-order valence-electron chi connectivity index (χ4n) is 4.13. The van der Waals surface area contributed by atoms with Gasteiger partial charge in [0.1, 0.15) is 15.8 Å². The van der Waals surface area contributed by atoms with Crippen molar-refractivity contribution in [2.75, 3.05) is 13.2 Å². The second-order valence-corrected chi connectivity index (χ2v) is 10.9. The molecular weight excluding hydrogens is 534 g/mol. The molecule has 5 nitrogen and oxygen atoms in total. The first-order valence-corrected chi connectivity index (χ1v) is 14.0. The number of nitrogens with zero attached hydrogens (tertiary/aromatic N) is 3. The van der Waals surface area contributed by atoms with E-state index in [0.29, 0.717) is 38.8 Å². The molecule has 38 heavy (non-hydrogen) atoms. The molecule has 8 heteroatoms. The average Bonchev–Trinajstić information content (AvgIpc) is 3.48. The zero-order valence-corrected chi connectivity index (χ0v) is 23.2. The SMILES string of the molecule is CCCOc1ccc(-c2nn(-c3ccccc3)cc2C=C2SC(=S)N(CCc3ccccc3)C2=O)cc1Cl. The molecule has 0 saturated carbocycles. The van der Waals surface area contributed by atoms with E-state index in [0.717, 1.165) is 29.7 Å². The Kier molecular flexibility index (Phi) is 8.27. The topological polar surface area (TPSA) is 47.4 Å². The van der Waals surface area contributed by atoms with Gasteiger partial charge in [0.2, 0.25) is 0 Å². The van der Waals surface area contributed by atoms with Gasteiger partial charge < -0.3 is 4.74 Å². The van der Waals surface area contributed by atoms with Crippen LogP contribution >= 0.6 is 35.6 Å². The number of amides is 1. The highest BCUT2D eigenvalue weighted by Gasteiger charge is 2.32. The van der Waals surface area contributed by atoms with Gasteiger partial charge in [0.15, 0.2) is 0 Å². The average molecular weight is 560 g/mol. The lowest BCUT2D eigenvalue weighted by molar-refractivity contribution is -0.122. The van der Waals surface area contributed by atoms with Crippen molar-refractivity contribution in [2.45, 2.75) is 19.8 Å². The van der Waals surface area contributed by atoms with E-state index in [1.54, 1.807) is 4.90 Å². The smallest absolute Gasteiger partial charge is 0.266 e. The lowest BCUT2D eigenvalue weighted by Crippen LogP contribution is -2.30. The number of benzene rings is 3. The summed E-state index contributed by atoms with van der Waals surface area (Å²) in [5.74, 6) is 0.552. The van der Waals surface area contributed by atoms with Crippen molar-refractivity contribution >= 4 is 51.9 Å². The monoisotopic (exact) mass is 559 g/mol. The predicted molar refractivity (Wildman–Crippen MR) is 160 cm³/mol. The molecule has 1 aromatic heterocycles. The fourth-order valence-corrected chi connectivity index (χ4v) is 5.66. The number of rotatable bonds is 9. The van der Waals surface area contributed by atoms with Crippen molar-refractivity contribution in [2.24, 2.45) is 0 Å². The summed E-state index contributed by atoms with van der Waals surface area (Å²) in [6.45, 7) is 3.19. The van der Waals surface area contributed by atoms with Gasteiger partial charge in [0.25, 0.3) is 5.91 Å². The van der Waals surface area contributed by atoms with Crippen molar-refractivity contribution in [3.05, 3.63) is 106 Å². The summed E-state index contributed by atoms with van der Waals surface area (Å²) >= 11 is 13.4. The van der Waals surface area contributed by atoms with Crippen LogP contribution in [-0.4, -0.2) is 38.1 Å². The number of ether oxygens (including phenoxy) is 1. The van der Waals surface area contributed by atoms with Crippen LogP contribution in [0.5, 0.6) is 5.75 Å². The Morgan fingerprint density at radius 2 is 1.79 bits per heavy atom. The molecule has 4 aromatic rings. The van der Waals surface area contributed by atoms with Crippen LogP contribution in [0.3, 0.4) is 0 Å². The molecule has 0 aliphatic carbocycles. The Hall–Kier alpha value is -3.39. The van der Waals surface area contributed by atoms with Gasteiger partial charge in [0, 0.05) is 23.9 Å². The van der Waals surface area contributed by atoms with Crippen LogP contribution in [0.2, 0.25) is 5.02 Å². The fraction of sp³-hybridized carbons (Fsp3) is 0.167. The van der Waals surface area contributed by atoms with Gasteiger partial charge >= 0.3 is 0 Å². The molecule has 0 atom stereocenters. The van der Waals surface area contributed by atoms with Gasteiger partial charge in [-0.05, 0) is 54.8 Å². The molecule has 1 aliphatic rings. The quantitative estimate of drug-likeness (QED) is 0.158. The molecular formula is C30H26ClN3O2S2. The lowest BCUT2D eigenvalue weighted by Gasteiger charge is -2.14. The maximum Gasteiger partial charge on any atom is 0.266 e. The van der Waals surface area contributed by atoms with E-state index in [9.17, 15) is 4.79 Å². The lowest BCUT2D eigenvalue weighted by atomic mass is 10.1. The van der Waals surface area contributed by atoms with Crippen molar-refractivity contribution in [3.8, 4) is 22.7 Å². The summed E-state index contributed by atoms with van der Waals surface area (Å²) < 4.78 is 8.12. The molecule has 1 fully saturated rings. The highest BCUT2D eigenvalue weighted by molar-refractivity contribution is 8.26. The largest absolute Gasteiger partial charge is 0.492 e. The van der Waals surface area contributed by atoms with Crippen LogP contribution in [0.15, 0.2) is 90.0 Å². The Balaban J connectivity index is 1.47. The molecule has 1 aliphatic heterocycles. The summed E-state index contributed by atoms with van der Waals surface area (Å²) in [7, 11) is 0. The second kappa shape index (κ2) is 12.0. The highest BCUT2D eigenvalue weighted by atomic mass is 35.5. The van der Waals surface area contributed by atoms with Gasteiger partial charge in [0.05, 0.1) is 22.2 Å². The zero-order valence-electron chi connectivity index (χ0n) is 20.8. The minimum absolute atomic E-state index is 0.0873. The molecule has 192 valence electrons. The molecule has 5 rings (SSSR count). The normalized spacial score (nSPS) is 14.5. The third kappa shape index (κ3) is 5.85. The van der Waals surface area contributed by atoms with Crippen molar-refractivity contribution in [1.29, 1.82) is 0 Å². The van der Waals surface area contributed by atoms with E-state index < -0.39 is 0 Å². The van der Waals surface area contributed by atoms with Crippen LogP contribution in [0.1, 0.15) is 24.5 Å². The van der Waals surface area contributed by atoms with E-state index in [2.05, 4.69) is 19.1 Å². The third-order valence-electron chi connectivity index (χ3n) is 6.06. The van der Waals surface area contributed by atoms with Crippen LogP contribution in [-0.2, 0) is 11.2 Å². The Morgan fingerprint density at radius 3 is 2.50 bits per heavy atom. The van der Waals surface area contributed by atoms with Gasteiger partial charge in [-0.2, -0.15) is 5.10 Å². The first-order valence-electron chi connectivity index (χ1n) is 12.4. The van der Waals surface area contributed by atoms with Crippen molar-refractivity contribution in [3.63, 3.8) is 0 Å². The standard InChI is InChI=1S/C30H26ClN3O2S2/c1-2-17-36-26-14-13-22(18-25(26)31)28-23(20-34(32-28)24-11-7-4-8-12-24)19-27-29(35)33(30(37)38-27)16-15-21-9-5-3-6-10-21/h3-14,18-20H,2,15-17H2,1H3. The summed E-state index contributed by atoms with van der Waals surface area (Å²) in [4.78, 5) is 15.6. The first-order chi connectivity index (χ1) is 18.5. The Labute approximate surface area is 237 Å². The summed E-state index contributed by atoms with van der Waals surface area (Å²) in [5.41, 5.74) is 4.43. The van der Waals surface area contributed by atoms with E-state index in [1.165, 1.54) is 17.3 Å². The summed E-state index contributed by atoms with van der Waals surface area (Å²) in [5, 5.41) is 5.39. The molecule has 2 heterocycles. The number of hydrogen-bond acceptors (Lipinski definition) is 5. The summed E-state index contributed by atoms with van der Waals surface area (Å²) in [6.07, 6.45) is 5.44. The van der Waals surface area contributed by atoms with E-state index in [4.69, 9.17) is 33.7 Å². The number of carbonyl (C=O) groups excluding carboxylic acids is 1. The van der Waals surface area contributed by atoms with Gasteiger partial charge in [-0.15, -0.1) is 0 Å². The molecule has 0 bridgehead atoms. The molecule has 0 unspecified atom stereocenters. The van der Waals surface area contributed by atoms with Crippen molar-refractivity contribution in [1.82, 2.24) is 14.7 Å². The highest BCUT2D eigenvalue weighted by Crippen LogP contribution is 2.36. The van der Waals surface area contributed by atoms with Gasteiger partial charge in [-0.1, -0.05) is 91.0 Å². The molecule has 1 saturated heterocycles. The number of thiocarbonyl (C=S) groups is 1. The number of thioether (sulfide) groups is 1. The Bertz CT molecular complexity index is 1490. The molecule has 0 N–H and O–H groups in total.